The fourth-order valence-electron chi connectivity index (χ4n) is 2.97. The van der Waals surface area contributed by atoms with E-state index in [1.165, 1.54) is 17.0 Å². The van der Waals surface area contributed by atoms with E-state index >= 15 is 0 Å². The van der Waals surface area contributed by atoms with Crippen LogP contribution in [0.25, 0.3) is 17.2 Å². The molecular weight excluding hydrogens is 307 g/mol. The van der Waals surface area contributed by atoms with Gasteiger partial charge >= 0.3 is 0 Å². The molecule has 0 spiro atoms. The first-order valence-corrected chi connectivity index (χ1v) is 8.66. The molecule has 0 bridgehead atoms. The largest absolute Gasteiger partial charge is 0.303 e. The SMILES string of the molecule is CSc1ccc(C=C2C(C)=C(CC=O)c3cc(F)ccc32)cc1. The van der Waals surface area contributed by atoms with Gasteiger partial charge in [-0.3, -0.25) is 0 Å². The molecule has 3 rings (SSSR count). The van der Waals surface area contributed by atoms with Crippen molar-refractivity contribution in [3.63, 3.8) is 0 Å². The van der Waals surface area contributed by atoms with Gasteiger partial charge in [-0.1, -0.05) is 18.2 Å². The fraction of sp³-hybridized carbons (Fsp3) is 0.150. The van der Waals surface area contributed by atoms with E-state index in [0.29, 0.717) is 6.42 Å². The Labute approximate surface area is 139 Å². The van der Waals surface area contributed by atoms with Crippen molar-refractivity contribution in [3.05, 3.63) is 70.5 Å². The number of hydrogen-bond acceptors (Lipinski definition) is 2. The Bertz CT molecular complexity index is 816. The second-order valence-corrected chi connectivity index (χ2v) is 6.38. The first kappa shape index (κ1) is 15.8. The van der Waals surface area contributed by atoms with Crippen molar-refractivity contribution in [3.8, 4) is 0 Å². The first-order chi connectivity index (χ1) is 11.1. The Morgan fingerprint density at radius 2 is 1.83 bits per heavy atom. The van der Waals surface area contributed by atoms with Gasteiger partial charge in [0.2, 0.25) is 0 Å². The molecule has 1 nitrogen and oxygen atoms in total. The average Bonchev–Trinajstić information content (AvgIpc) is 2.81. The van der Waals surface area contributed by atoms with Gasteiger partial charge in [0.1, 0.15) is 12.1 Å². The minimum absolute atomic E-state index is 0.273. The van der Waals surface area contributed by atoms with Gasteiger partial charge in [-0.05, 0) is 76.9 Å². The van der Waals surface area contributed by atoms with Crippen LogP contribution in [0.2, 0.25) is 0 Å². The van der Waals surface area contributed by atoms with E-state index in [0.717, 1.165) is 39.7 Å². The minimum atomic E-state index is -0.273. The summed E-state index contributed by atoms with van der Waals surface area (Å²) in [5.41, 5.74) is 5.96. The average molecular weight is 324 g/mol. The minimum Gasteiger partial charge on any atom is -0.303 e. The van der Waals surface area contributed by atoms with E-state index in [2.05, 4.69) is 30.3 Å². The van der Waals surface area contributed by atoms with Gasteiger partial charge < -0.3 is 4.79 Å². The zero-order valence-electron chi connectivity index (χ0n) is 13.1. The number of allylic oxidation sites excluding steroid dienone is 3. The zero-order chi connectivity index (χ0) is 16.4. The number of carbonyl (C=O) groups excluding carboxylic acids is 1. The van der Waals surface area contributed by atoms with Crippen molar-refractivity contribution in [2.75, 3.05) is 6.26 Å². The number of fused-ring (bicyclic) bond motifs is 1. The van der Waals surface area contributed by atoms with Crippen LogP contribution in [0.4, 0.5) is 4.39 Å². The van der Waals surface area contributed by atoms with Gasteiger partial charge in [0, 0.05) is 11.3 Å². The van der Waals surface area contributed by atoms with Crippen LogP contribution >= 0.6 is 11.8 Å². The lowest BCUT2D eigenvalue weighted by molar-refractivity contribution is -0.107. The molecule has 0 heterocycles. The van der Waals surface area contributed by atoms with Gasteiger partial charge in [-0.2, -0.15) is 0 Å². The first-order valence-electron chi connectivity index (χ1n) is 7.44. The second kappa shape index (κ2) is 6.55. The highest BCUT2D eigenvalue weighted by Crippen LogP contribution is 2.43. The predicted octanol–water partition coefficient (Wildman–Crippen LogP) is 5.46. The molecule has 0 atom stereocenters. The van der Waals surface area contributed by atoms with Crippen molar-refractivity contribution in [2.45, 2.75) is 18.2 Å². The van der Waals surface area contributed by atoms with Gasteiger partial charge in [-0.15, -0.1) is 11.8 Å². The highest BCUT2D eigenvalue weighted by molar-refractivity contribution is 7.98. The standard InChI is InChI=1S/C20H17FOS/c1-13-17(9-10-22)20-12-15(21)5-8-18(20)19(13)11-14-3-6-16(23-2)7-4-14/h3-8,10-12H,9H2,1-2H3. The van der Waals surface area contributed by atoms with Crippen LogP contribution in [0.5, 0.6) is 0 Å². The smallest absolute Gasteiger partial charge is 0.124 e. The number of benzene rings is 2. The summed E-state index contributed by atoms with van der Waals surface area (Å²) >= 11 is 1.71. The number of carbonyl (C=O) groups is 1. The molecule has 0 unspecified atom stereocenters. The van der Waals surface area contributed by atoms with Gasteiger partial charge in [0.15, 0.2) is 0 Å². The van der Waals surface area contributed by atoms with Crippen molar-refractivity contribution in [1.82, 2.24) is 0 Å². The Kier molecular flexibility index (Phi) is 4.49. The molecule has 1 aliphatic rings. The summed E-state index contributed by atoms with van der Waals surface area (Å²) in [5, 5.41) is 0. The number of rotatable bonds is 4. The third kappa shape index (κ3) is 3.02. The normalized spacial score (nSPS) is 15.2. The summed E-state index contributed by atoms with van der Waals surface area (Å²) in [5.74, 6) is -0.273. The monoisotopic (exact) mass is 324 g/mol. The Hall–Kier alpha value is -2.13. The highest BCUT2D eigenvalue weighted by atomic mass is 32.2. The lowest BCUT2D eigenvalue weighted by Crippen LogP contribution is -1.87. The third-order valence-corrected chi connectivity index (χ3v) is 4.91. The van der Waals surface area contributed by atoms with Crippen molar-refractivity contribution >= 4 is 35.3 Å². The summed E-state index contributed by atoms with van der Waals surface area (Å²) in [6.45, 7) is 2.00. The van der Waals surface area contributed by atoms with Gasteiger partial charge in [0.25, 0.3) is 0 Å². The van der Waals surface area contributed by atoms with E-state index in [1.807, 2.05) is 13.2 Å². The molecule has 116 valence electrons. The van der Waals surface area contributed by atoms with Gasteiger partial charge in [0.05, 0.1) is 0 Å². The Balaban J connectivity index is 2.11. The molecule has 0 N–H and O–H groups in total. The van der Waals surface area contributed by atoms with Crippen molar-refractivity contribution in [1.29, 1.82) is 0 Å². The van der Waals surface area contributed by atoms with Crippen LogP contribution in [0.3, 0.4) is 0 Å². The van der Waals surface area contributed by atoms with E-state index < -0.39 is 0 Å². The maximum Gasteiger partial charge on any atom is 0.124 e. The maximum atomic E-state index is 13.6. The number of aldehydes is 1. The van der Waals surface area contributed by atoms with Crippen molar-refractivity contribution < 1.29 is 9.18 Å². The van der Waals surface area contributed by atoms with Crippen LogP contribution in [0.1, 0.15) is 30.0 Å². The van der Waals surface area contributed by atoms with Crippen LogP contribution in [0, 0.1) is 5.82 Å². The highest BCUT2D eigenvalue weighted by Gasteiger charge is 2.23. The number of hydrogen-bond donors (Lipinski definition) is 0. The number of thioether (sulfide) groups is 1. The molecule has 0 fully saturated rings. The summed E-state index contributed by atoms with van der Waals surface area (Å²) < 4.78 is 13.6. The van der Waals surface area contributed by atoms with E-state index in [9.17, 15) is 9.18 Å². The molecular formula is C20H17FOS. The molecule has 0 amide bonds. The summed E-state index contributed by atoms with van der Waals surface area (Å²) in [6, 6.07) is 13.1. The van der Waals surface area contributed by atoms with Crippen LogP contribution in [-0.4, -0.2) is 12.5 Å². The fourth-order valence-corrected chi connectivity index (χ4v) is 3.38. The lowest BCUT2D eigenvalue weighted by atomic mass is 10.0. The molecule has 0 aliphatic heterocycles. The van der Waals surface area contributed by atoms with E-state index in [4.69, 9.17) is 0 Å². The molecule has 2 aromatic carbocycles. The predicted molar refractivity (Wildman–Crippen MR) is 95.8 cm³/mol. The van der Waals surface area contributed by atoms with Crippen molar-refractivity contribution in [2.24, 2.45) is 0 Å². The van der Waals surface area contributed by atoms with Crippen LogP contribution in [-0.2, 0) is 4.79 Å². The Morgan fingerprint density at radius 3 is 2.48 bits per heavy atom. The van der Waals surface area contributed by atoms with E-state index in [1.54, 1.807) is 17.8 Å². The van der Waals surface area contributed by atoms with E-state index in [-0.39, 0.29) is 5.82 Å². The lowest BCUT2D eigenvalue weighted by Gasteiger charge is -2.05. The summed E-state index contributed by atoms with van der Waals surface area (Å²) in [6.07, 6.45) is 5.34. The summed E-state index contributed by atoms with van der Waals surface area (Å²) in [4.78, 5) is 12.2. The van der Waals surface area contributed by atoms with Crippen LogP contribution in [0.15, 0.2) is 52.9 Å². The molecule has 23 heavy (non-hydrogen) atoms. The topological polar surface area (TPSA) is 17.1 Å². The molecule has 0 aromatic heterocycles. The summed E-state index contributed by atoms with van der Waals surface area (Å²) in [7, 11) is 0. The molecule has 0 saturated carbocycles. The zero-order valence-corrected chi connectivity index (χ0v) is 13.9. The second-order valence-electron chi connectivity index (χ2n) is 5.50. The maximum absolute atomic E-state index is 13.6. The molecule has 2 aromatic rings. The molecule has 0 radical (unpaired) electrons. The molecule has 1 aliphatic carbocycles. The third-order valence-electron chi connectivity index (χ3n) is 4.17. The quantitative estimate of drug-likeness (QED) is 0.548. The van der Waals surface area contributed by atoms with Gasteiger partial charge in [-0.25, -0.2) is 4.39 Å². The molecule has 3 heteroatoms. The number of halogens is 1. The molecule has 0 saturated heterocycles. The Morgan fingerprint density at radius 1 is 1.09 bits per heavy atom. The van der Waals surface area contributed by atoms with Crippen LogP contribution < -0.4 is 0 Å².